The highest BCUT2D eigenvalue weighted by Crippen LogP contribution is 2.33. The number of aromatic nitrogens is 2. The van der Waals surface area contributed by atoms with Crippen LogP contribution in [-0.4, -0.2) is 38.8 Å². The summed E-state index contributed by atoms with van der Waals surface area (Å²) >= 11 is 1.64. The van der Waals surface area contributed by atoms with Gasteiger partial charge in [-0.2, -0.15) is 0 Å². The molecule has 1 saturated heterocycles. The number of nitrogens with zero attached hydrogens (tertiary/aromatic N) is 3. The van der Waals surface area contributed by atoms with E-state index in [4.69, 9.17) is 0 Å². The Hall–Kier alpha value is -1.50. The minimum atomic E-state index is -0.874. The number of thioether (sulfide) groups is 1. The first-order chi connectivity index (χ1) is 12.1. The summed E-state index contributed by atoms with van der Waals surface area (Å²) in [5.74, 6) is 0.695. The van der Waals surface area contributed by atoms with E-state index in [1.807, 2.05) is 12.4 Å². The maximum Gasteiger partial charge on any atom is 0.187 e. The number of hydrogen-bond acceptors (Lipinski definition) is 5. The van der Waals surface area contributed by atoms with Crippen molar-refractivity contribution in [2.45, 2.75) is 43.5 Å². The Morgan fingerprint density at radius 3 is 2.56 bits per heavy atom. The van der Waals surface area contributed by atoms with E-state index in [1.54, 1.807) is 23.9 Å². The average Bonchev–Trinajstić information content (AvgIpc) is 2.80. The molecule has 1 aliphatic rings. The molecule has 0 radical (unpaired) electrons. The van der Waals surface area contributed by atoms with Crippen molar-refractivity contribution >= 4 is 11.8 Å². The molecule has 0 unspecified atom stereocenters. The van der Waals surface area contributed by atoms with Crippen LogP contribution < -0.4 is 0 Å². The SMILES string of the molecule is CCSc1ncc(CN2CCC[C@](O)(c3ccc(F)cc3)CC2)cn1. The molecule has 2 aromatic rings. The molecule has 134 valence electrons. The zero-order valence-electron chi connectivity index (χ0n) is 14.5. The second kappa shape index (κ2) is 8.25. The molecule has 2 heterocycles. The normalized spacial score (nSPS) is 21.9. The van der Waals surface area contributed by atoms with E-state index >= 15 is 0 Å². The predicted molar refractivity (Wildman–Crippen MR) is 97.9 cm³/mol. The van der Waals surface area contributed by atoms with Crippen LogP contribution in [0.25, 0.3) is 0 Å². The highest BCUT2D eigenvalue weighted by molar-refractivity contribution is 7.99. The largest absolute Gasteiger partial charge is 0.385 e. The van der Waals surface area contributed by atoms with E-state index in [-0.39, 0.29) is 5.82 Å². The van der Waals surface area contributed by atoms with Gasteiger partial charge in [-0.15, -0.1) is 0 Å². The second-order valence-corrected chi connectivity index (χ2v) is 7.71. The van der Waals surface area contributed by atoms with E-state index in [0.717, 1.165) is 48.1 Å². The number of likely N-dealkylation sites (tertiary alicyclic amines) is 1. The number of aliphatic hydroxyl groups is 1. The topological polar surface area (TPSA) is 49.2 Å². The van der Waals surface area contributed by atoms with Gasteiger partial charge in [0.15, 0.2) is 5.16 Å². The van der Waals surface area contributed by atoms with Gasteiger partial charge < -0.3 is 5.11 Å². The maximum atomic E-state index is 13.1. The number of rotatable bonds is 5. The van der Waals surface area contributed by atoms with Crippen molar-refractivity contribution in [3.63, 3.8) is 0 Å². The third-order valence-electron chi connectivity index (χ3n) is 4.65. The van der Waals surface area contributed by atoms with E-state index in [1.165, 1.54) is 12.1 Å². The molecule has 0 bridgehead atoms. The van der Waals surface area contributed by atoms with Crippen molar-refractivity contribution in [3.8, 4) is 0 Å². The van der Waals surface area contributed by atoms with Crippen LogP contribution in [0, 0.1) is 5.82 Å². The summed E-state index contributed by atoms with van der Waals surface area (Å²) in [5, 5.41) is 11.8. The van der Waals surface area contributed by atoms with Crippen molar-refractivity contribution in [2.75, 3.05) is 18.8 Å². The predicted octanol–water partition coefficient (Wildman–Crippen LogP) is 3.60. The van der Waals surface area contributed by atoms with E-state index in [2.05, 4.69) is 21.8 Å². The first-order valence-corrected chi connectivity index (χ1v) is 9.72. The van der Waals surface area contributed by atoms with Crippen molar-refractivity contribution < 1.29 is 9.50 Å². The van der Waals surface area contributed by atoms with Gasteiger partial charge in [-0.25, -0.2) is 14.4 Å². The van der Waals surface area contributed by atoms with E-state index in [0.29, 0.717) is 12.8 Å². The fourth-order valence-electron chi connectivity index (χ4n) is 3.27. The monoisotopic (exact) mass is 361 g/mol. The summed E-state index contributed by atoms with van der Waals surface area (Å²) < 4.78 is 13.1. The van der Waals surface area contributed by atoms with Gasteiger partial charge in [0.25, 0.3) is 0 Å². The molecule has 1 aromatic heterocycles. The van der Waals surface area contributed by atoms with Crippen molar-refractivity contribution in [1.82, 2.24) is 14.9 Å². The number of benzene rings is 1. The van der Waals surface area contributed by atoms with Gasteiger partial charge in [-0.3, -0.25) is 4.90 Å². The van der Waals surface area contributed by atoms with Crippen LogP contribution >= 0.6 is 11.8 Å². The summed E-state index contributed by atoms with van der Waals surface area (Å²) in [6.07, 6.45) is 6.02. The molecule has 3 rings (SSSR count). The third-order valence-corrected chi connectivity index (χ3v) is 5.41. The highest BCUT2D eigenvalue weighted by atomic mass is 32.2. The summed E-state index contributed by atoms with van der Waals surface area (Å²) in [5.41, 5.74) is 1.02. The molecule has 25 heavy (non-hydrogen) atoms. The van der Waals surface area contributed by atoms with E-state index < -0.39 is 5.60 Å². The molecule has 1 aliphatic heterocycles. The number of hydrogen-bond donors (Lipinski definition) is 1. The Morgan fingerprint density at radius 2 is 1.88 bits per heavy atom. The molecule has 1 N–H and O–H groups in total. The quantitative estimate of drug-likeness (QED) is 0.651. The zero-order chi connectivity index (χ0) is 17.7. The van der Waals surface area contributed by atoms with Crippen LogP contribution in [0.4, 0.5) is 4.39 Å². The summed E-state index contributed by atoms with van der Waals surface area (Å²) in [6.45, 7) is 4.59. The average molecular weight is 361 g/mol. The zero-order valence-corrected chi connectivity index (χ0v) is 15.3. The Kier molecular flexibility index (Phi) is 6.04. The van der Waals surface area contributed by atoms with Crippen LogP contribution in [0.5, 0.6) is 0 Å². The molecule has 0 aliphatic carbocycles. The summed E-state index contributed by atoms with van der Waals surface area (Å²) in [6, 6.07) is 6.23. The first kappa shape index (κ1) is 18.3. The molecule has 0 saturated carbocycles. The molecule has 1 fully saturated rings. The molecular weight excluding hydrogens is 337 g/mol. The van der Waals surface area contributed by atoms with E-state index in [9.17, 15) is 9.50 Å². The Balaban J connectivity index is 1.62. The van der Waals surface area contributed by atoms with Gasteiger partial charge in [0.2, 0.25) is 0 Å². The first-order valence-electron chi connectivity index (χ1n) is 8.73. The summed E-state index contributed by atoms with van der Waals surface area (Å²) in [7, 11) is 0. The molecule has 0 amide bonds. The van der Waals surface area contributed by atoms with Crippen LogP contribution in [0.1, 0.15) is 37.3 Å². The minimum absolute atomic E-state index is 0.271. The molecule has 0 spiro atoms. The second-order valence-electron chi connectivity index (χ2n) is 6.48. The smallest absolute Gasteiger partial charge is 0.187 e. The standard InChI is InChI=1S/C19H24FN3OS/c1-2-25-18-21-12-15(13-22-18)14-23-10-3-8-19(24,9-11-23)16-4-6-17(20)7-5-16/h4-7,12-13,24H,2-3,8-11,14H2,1H3/t19-/m1/s1. The molecule has 1 atom stereocenters. The molecular formula is C19H24FN3OS. The van der Waals surface area contributed by atoms with Crippen LogP contribution in [0.3, 0.4) is 0 Å². The highest BCUT2D eigenvalue weighted by Gasteiger charge is 2.31. The van der Waals surface area contributed by atoms with Gasteiger partial charge >= 0.3 is 0 Å². The lowest BCUT2D eigenvalue weighted by Crippen LogP contribution is -2.29. The Bertz CT molecular complexity index is 680. The lowest BCUT2D eigenvalue weighted by molar-refractivity contribution is 0.0209. The van der Waals surface area contributed by atoms with Gasteiger partial charge in [0.1, 0.15) is 5.82 Å². The van der Waals surface area contributed by atoms with Gasteiger partial charge in [-0.1, -0.05) is 30.8 Å². The Labute approximate surface area is 152 Å². The number of halogens is 1. The van der Waals surface area contributed by atoms with Crippen molar-refractivity contribution in [1.29, 1.82) is 0 Å². The van der Waals surface area contributed by atoms with Crippen LogP contribution in [-0.2, 0) is 12.1 Å². The lowest BCUT2D eigenvalue weighted by atomic mass is 9.87. The van der Waals surface area contributed by atoms with Crippen LogP contribution in [0.15, 0.2) is 41.8 Å². The molecule has 4 nitrogen and oxygen atoms in total. The van der Waals surface area contributed by atoms with Crippen LogP contribution in [0.2, 0.25) is 0 Å². The third kappa shape index (κ3) is 4.77. The minimum Gasteiger partial charge on any atom is -0.385 e. The molecule has 6 heteroatoms. The van der Waals surface area contributed by atoms with Gasteiger partial charge in [-0.05, 0) is 49.3 Å². The lowest BCUT2D eigenvalue weighted by Gasteiger charge is -2.27. The summed E-state index contributed by atoms with van der Waals surface area (Å²) in [4.78, 5) is 11.1. The van der Waals surface area contributed by atoms with Gasteiger partial charge in [0.05, 0.1) is 5.60 Å². The maximum absolute atomic E-state index is 13.1. The fourth-order valence-corrected chi connectivity index (χ4v) is 3.78. The molecule has 1 aromatic carbocycles. The van der Waals surface area contributed by atoms with Crippen molar-refractivity contribution in [2.24, 2.45) is 0 Å². The van der Waals surface area contributed by atoms with Gasteiger partial charge in [0, 0.05) is 31.0 Å². The fraction of sp³-hybridized carbons (Fsp3) is 0.474. The Morgan fingerprint density at radius 1 is 1.16 bits per heavy atom. The van der Waals surface area contributed by atoms with Crippen molar-refractivity contribution in [3.05, 3.63) is 53.6 Å².